The van der Waals surface area contributed by atoms with Crippen LogP contribution in [0.5, 0.6) is 0 Å². The summed E-state index contributed by atoms with van der Waals surface area (Å²) in [5.41, 5.74) is 2.26. The summed E-state index contributed by atoms with van der Waals surface area (Å²) in [4.78, 5) is 13.1. The van der Waals surface area contributed by atoms with Gasteiger partial charge in [-0.1, -0.05) is 47.5 Å². The van der Waals surface area contributed by atoms with Crippen molar-refractivity contribution in [3.63, 3.8) is 0 Å². The monoisotopic (exact) mass is 362 g/mol. The number of amides is 1. The molecule has 24 heavy (non-hydrogen) atoms. The largest absolute Gasteiger partial charge is 0.354 e. The minimum absolute atomic E-state index is 0.00147. The van der Waals surface area contributed by atoms with Gasteiger partial charge in [0.25, 0.3) is 0 Å². The van der Waals surface area contributed by atoms with Crippen LogP contribution in [0.3, 0.4) is 0 Å². The lowest BCUT2D eigenvalue weighted by Gasteiger charge is -2.15. The molecule has 2 aromatic rings. The van der Waals surface area contributed by atoms with E-state index in [1.54, 1.807) is 11.8 Å². The number of halogens is 1. The predicted molar refractivity (Wildman–Crippen MR) is 103 cm³/mol. The van der Waals surface area contributed by atoms with E-state index in [1.165, 1.54) is 10.5 Å². The van der Waals surface area contributed by atoms with E-state index in [0.717, 1.165) is 11.3 Å². The van der Waals surface area contributed by atoms with Crippen LogP contribution in [0.1, 0.15) is 24.1 Å². The second-order valence-corrected chi connectivity index (χ2v) is 7.21. The second kappa shape index (κ2) is 9.72. The van der Waals surface area contributed by atoms with Crippen molar-refractivity contribution in [2.24, 2.45) is 0 Å². The summed E-state index contributed by atoms with van der Waals surface area (Å²) in [6.07, 6.45) is 0. The van der Waals surface area contributed by atoms with Gasteiger partial charge in [-0.15, -0.1) is 11.8 Å². The van der Waals surface area contributed by atoms with Crippen molar-refractivity contribution in [1.29, 1.82) is 0 Å². The smallest absolute Gasteiger partial charge is 0.234 e. The van der Waals surface area contributed by atoms with E-state index < -0.39 is 0 Å². The van der Waals surface area contributed by atoms with Crippen molar-refractivity contribution in [2.75, 3.05) is 18.8 Å². The molecule has 3 nitrogen and oxygen atoms in total. The standard InChI is InChI=1S/C19H23ClN2OS/c1-14-7-9-16(10-8-14)24-12-11-21-19(23)13-22-15(2)17-5-3-4-6-18(17)20/h3-10,15,22H,11-13H2,1-2H3,(H,21,23)/t15-/m1/s1. The van der Waals surface area contributed by atoms with Crippen molar-refractivity contribution in [3.05, 3.63) is 64.7 Å². The van der Waals surface area contributed by atoms with Gasteiger partial charge >= 0.3 is 0 Å². The minimum atomic E-state index is -0.00147. The molecule has 1 atom stereocenters. The first-order valence-electron chi connectivity index (χ1n) is 8.00. The van der Waals surface area contributed by atoms with Gasteiger partial charge in [-0.2, -0.15) is 0 Å². The Morgan fingerprint density at radius 3 is 2.58 bits per heavy atom. The fraction of sp³-hybridized carbons (Fsp3) is 0.316. The molecule has 1 amide bonds. The summed E-state index contributed by atoms with van der Waals surface area (Å²) in [5, 5.41) is 6.85. The third kappa shape index (κ3) is 6.19. The van der Waals surface area contributed by atoms with E-state index in [0.29, 0.717) is 11.6 Å². The van der Waals surface area contributed by atoms with E-state index in [1.807, 2.05) is 31.2 Å². The van der Waals surface area contributed by atoms with Gasteiger partial charge in [0, 0.05) is 28.3 Å². The molecule has 2 N–H and O–H groups in total. The van der Waals surface area contributed by atoms with E-state index in [2.05, 4.69) is 41.8 Å². The number of thioether (sulfide) groups is 1. The van der Waals surface area contributed by atoms with Crippen molar-refractivity contribution in [1.82, 2.24) is 10.6 Å². The summed E-state index contributed by atoms with van der Waals surface area (Å²) < 4.78 is 0. The van der Waals surface area contributed by atoms with Crippen molar-refractivity contribution >= 4 is 29.3 Å². The fourth-order valence-electron chi connectivity index (χ4n) is 2.24. The highest BCUT2D eigenvalue weighted by Crippen LogP contribution is 2.21. The molecule has 0 fully saturated rings. The Bertz CT molecular complexity index is 661. The van der Waals surface area contributed by atoms with Gasteiger partial charge in [0.1, 0.15) is 0 Å². The third-order valence-corrected chi connectivity index (χ3v) is 5.01. The van der Waals surface area contributed by atoms with E-state index >= 15 is 0 Å². The highest BCUT2D eigenvalue weighted by Gasteiger charge is 2.10. The van der Waals surface area contributed by atoms with Crippen LogP contribution < -0.4 is 10.6 Å². The zero-order chi connectivity index (χ0) is 17.4. The molecule has 0 aliphatic heterocycles. The molecule has 0 heterocycles. The molecule has 0 bridgehead atoms. The molecule has 0 aromatic heterocycles. The molecular formula is C19H23ClN2OS. The Morgan fingerprint density at radius 2 is 1.88 bits per heavy atom. The maximum Gasteiger partial charge on any atom is 0.234 e. The Labute approximate surface area is 153 Å². The number of carbonyl (C=O) groups excluding carboxylic acids is 1. The van der Waals surface area contributed by atoms with Gasteiger partial charge in [-0.25, -0.2) is 0 Å². The van der Waals surface area contributed by atoms with Crippen LogP contribution in [-0.2, 0) is 4.79 Å². The Morgan fingerprint density at radius 1 is 1.17 bits per heavy atom. The lowest BCUT2D eigenvalue weighted by Crippen LogP contribution is -2.36. The van der Waals surface area contributed by atoms with Crippen LogP contribution in [0.25, 0.3) is 0 Å². The highest BCUT2D eigenvalue weighted by molar-refractivity contribution is 7.99. The Balaban J connectivity index is 1.64. The van der Waals surface area contributed by atoms with Crippen LogP contribution >= 0.6 is 23.4 Å². The van der Waals surface area contributed by atoms with Crippen molar-refractivity contribution < 1.29 is 4.79 Å². The maximum absolute atomic E-state index is 11.9. The van der Waals surface area contributed by atoms with E-state index in [4.69, 9.17) is 11.6 Å². The Hall–Kier alpha value is -1.49. The summed E-state index contributed by atoms with van der Waals surface area (Å²) in [7, 11) is 0. The van der Waals surface area contributed by atoms with Gasteiger partial charge in [0.05, 0.1) is 6.54 Å². The summed E-state index contributed by atoms with van der Waals surface area (Å²) in [5.74, 6) is 0.855. The molecule has 0 aliphatic carbocycles. The molecule has 2 aromatic carbocycles. The zero-order valence-corrected chi connectivity index (χ0v) is 15.6. The average molecular weight is 363 g/mol. The predicted octanol–water partition coefficient (Wildman–Crippen LogP) is 4.21. The van der Waals surface area contributed by atoms with Gasteiger partial charge < -0.3 is 10.6 Å². The summed E-state index contributed by atoms with van der Waals surface area (Å²) in [6.45, 7) is 5.01. The third-order valence-electron chi connectivity index (χ3n) is 3.65. The van der Waals surface area contributed by atoms with E-state index in [9.17, 15) is 4.79 Å². The topological polar surface area (TPSA) is 41.1 Å². The van der Waals surface area contributed by atoms with Crippen LogP contribution in [0, 0.1) is 6.92 Å². The van der Waals surface area contributed by atoms with Gasteiger partial charge in [-0.3, -0.25) is 4.79 Å². The molecule has 0 saturated heterocycles. The van der Waals surface area contributed by atoms with Gasteiger partial charge in [-0.05, 0) is 37.6 Å². The lowest BCUT2D eigenvalue weighted by molar-refractivity contribution is -0.120. The molecule has 128 valence electrons. The number of hydrogen-bond acceptors (Lipinski definition) is 3. The molecule has 2 rings (SSSR count). The first-order valence-corrected chi connectivity index (χ1v) is 9.36. The van der Waals surface area contributed by atoms with Crippen LogP contribution in [0.15, 0.2) is 53.4 Å². The fourth-order valence-corrected chi connectivity index (χ4v) is 3.31. The van der Waals surface area contributed by atoms with Crippen molar-refractivity contribution in [2.45, 2.75) is 24.8 Å². The van der Waals surface area contributed by atoms with Crippen LogP contribution in [-0.4, -0.2) is 24.7 Å². The molecule has 0 saturated carbocycles. The maximum atomic E-state index is 11.9. The van der Waals surface area contributed by atoms with Crippen molar-refractivity contribution in [3.8, 4) is 0 Å². The number of aryl methyl sites for hydroxylation is 1. The molecular weight excluding hydrogens is 340 g/mol. The minimum Gasteiger partial charge on any atom is -0.354 e. The normalized spacial score (nSPS) is 12.0. The molecule has 0 radical (unpaired) electrons. The van der Waals surface area contributed by atoms with E-state index in [-0.39, 0.29) is 18.5 Å². The van der Waals surface area contributed by atoms with Crippen LogP contribution in [0.2, 0.25) is 5.02 Å². The molecule has 0 unspecified atom stereocenters. The number of benzene rings is 2. The van der Waals surface area contributed by atoms with Gasteiger partial charge in [0.15, 0.2) is 0 Å². The summed E-state index contributed by atoms with van der Waals surface area (Å²) in [6, 6.07) is 16.1. The number of nitrogens with one attached hydrogen (secondary N) is 2. The summed E-state index contributed by atoms with van der Waals surface area (Å²) >= 11 is 7.90. The average Bonchev–Trinajstić information content (AvgIpc) is 2.58. The molecule has 5 heteroatoms. The molecule has 0 spiro atoms. The SMILES string of the molecule is Cc1ccc(SCCNC(=O)CN[C@H](C)c2ccccc2Cl)cc1. The quantitative estimate of drug-likeness (QED) is 0.546. The first-order chi connectivity index (χ1) is 11.6. The van der Waals surface area contributed by atoms with Gasteiger partial charge in [0.2, 0.25) is 5.91 Å². The number of rotatable bonds is 8. The highest BCUT2D eigenvalue weighted by atomic mass is 35.5. The number of carbonyl (C=O) groups is 1. The first kappa shape index (κ1) is 18.8. The number of hydrogen-bond donors (Lipinski definition) is 2. The molecule has 0 aliphatic rings. The van der Waals surface area contributed by atoms with Crippen LogP contribution in [0.4, 0.5) is 0 Å². The zero-order valence-electron chi connectivity index (χ0n) is 14.0. The Kier molecular flexibility index (Phi) is 7.63. The lowest BCUT2D eigenvalue weighted by atomic mass is 10.1. The second-order valence-electron chi connectivity index (χ2n) is 5.64.